The van der Waals surface area contributed by atoms with Crippen molar-refractivity contribution in [3.8, 4) is 33.8 Å². The van der Waals surface area contributed by atoms with Gasteiger partial charge in [0.25, 0.3) is 0 Å². The Labute approximate surface area is 329 Å². The summed E-state index contributed by atoms with van der Waals surface area (Å²) in [6.45, 7) is 0. The molecule has 0 saturated carbocycles. The van der Waals surface area contributed by atoms with E-state index in [-0.39, 0.29) is 0 Å². The smallest absolute Gasteiger partial charge is 0.131 e. The van der Waals surface area contributed by atoms with Crippen LogP contribution in [0.25, 0.3) is 33.0 Å². The predicted octanol–water partition coefficient (Wildman–Crippen LogP) is 13.8. The van der Waals surface area contributed by atoms with Gasteiger partial charge < -0.3 is 4.74 Å². The van der Waals surface area contributed by atoms with Crippen molar-refractivity contribution in [3.05, 3.63) is 263 Å². The zero-order chi connectivity index (χ0) is 37.3. The Hall–Kier alpha value is -6.96. The van der Waals surface area contributed by atoms with Crippen LogP contribution in [-0.2, 0) is 18.3 Å². The molecule has 0 spiro atoms. The first-order valence-corrected chi connectivity index (χ1v) is 19.5. The molecule has 0 radical (unpaired) electrons. The fraction of sp³-hybridized carbons (Fsp3) is 0.0545. The van der Waals surface area contributed by atoms with E-state index in [0.717, 1.165) is 46.6 Å². The number of hydrogen-bond acceptors (Lipinski definition) is 1. The second-order valence-electron chi connectivity index (χ2n) is 14.8. The lowest BCUT2D eigenvalue weighted by atomic mass is 9.67. The second kappa shape index (κ2) is 14.4. The van der Waals surface area contributed by atoms with E-state index >= 15 is 0 Å². The molecule has 0 aromatic heterocycles. The minimum atomic E-state index is -0.466. The number of rotatable bonds is 9. The Morgan fingerprint density at radius 1 is 0.339 bits per heavy atom. The van der Waals surface area contributed by atoms with E-state index in [1.54, 1.807) is 0 Å². The maximum Gasteiger partial charge on any atom is 0.131 e. The van der Waals surface area contributed by atoms with Gasteiger partial charge in [-0.05, 0) is 102 Å². The fourth-order valence-electron chi connectivity index (χ4n) is 8.83. The SMILES string of the molecule is c1ccc(Cc2ccccc2Oc2cc(-c3ccc(C4(c5ccccc5)c5ccccc5-c5cc6ccccc6cc54)cc3)ccc2Cc2ccccc2)cc1. The molecule has 1 atom stereocenters. The van der Waals surface area contributed by atoms with Crippen molar-refractivity contribution in [2.45, 2.75) is 18.3 Å². The van der Waals surface area contributed by atoms with Gasteiger partial charge in [0.05, 0.1) is 5.41 Å². The molecule has 0 bridgehead atoms. The van der Waals surface area contributed by atoms with Crippen LogP contribution in [-0.4, -0.2) is 0 Å². The zero-order valence-corrected chi connectivity index (χ0v) is 31.1. The Morgan fingerprint density at radius 3 is 1.59 bits per heavy atom. The van der Waals surface area contributed by atoms with Gasteiger partial charge in [0.15, 0.2) is 0 Å². The summed E-state index contributed by atoms with van der Waals surface area (Å²) in [5, 5.41) is 2.51. The number of fused-ring (bicyclic) bond motifs is 4. The van der Waals surface area contributed by atoms with Gasteiger partial charge in [-0.3, -0.25) is 0 Å². The van der Waals surface area contributed by atoms with E-state index in [4.69, 9.17) is 4.74 Å². The lowest BCUT2D eigenvalue weighted by molar-refractivity contribution is 0.472. The third kappa shape index (κ3) is 5.99. The molecule has 1 aliphatic rings. The molecule has 9 aromatic rings. The van der Waals surface area contributed by atoms with E-state index in [1.165, 1.54) is 55.3 Å². The van der Waals surface area contributed by atoms with Crippen LogP contribution in [0.4, 0.5) is 0 Å². The molecule has 1 unspecified atom stereocenters. The van der Waals surface area contributed by atoms with Gasteiger partial charge in [-0.1, -0.05) is 194 Å². The third-order valence-corrected chi connectivity index (χ3v) is 11.5. The van der Waals surface area contributed by atoms with E-state index in [2.05, 4.69) is 218 Å². The summed E-state index contributed by atoms with van der Waals surface area (Å²) >= 11 is 0. The molecule has 0 saturated heterocycles. The maximum absolute atomic E-state index is 6.94. The molecule has 10 rings (SSSR count). The molecule has 0 N–H and O–H groups in total. The largest absolute Gasteiger partial charge is 0.457 e. The standard InChI is InChI=1S/C55H40O/c1-4-16-39(17-5-1)34-45-22-12-15-27-53(45)56-54-38-44(28-29-46(54)35-40-18-6-2-7-19-40)41-30-32-48(33-31-41)55(47-23-8-3-9-24-47)51-26-14-13-25-49(51)50-36-42-20-10-11-21-43(42)37-52(50)55/h1-33,36-38H,34-35H2. The van der Waals surface area contributed by atoms with Gasteiger partial charge in [-0.25, -0.2) is 0 Å². The molecule has 0 heterocycles. The van der Waals surface area contributed by atoms with E-state index in [9.17, 15) is 0 Å². The van der Waals surface area contributed by atoms with Crippen molar-refractivity contribution in [1.29, 1.82) is 0 Å². The molecule has 1 heteroatoms. The molecule has 266 valence electrons. The van der Waals surface area contributed by atoms with Crippen LogP contribution in [0.1, 0.15) is 44.5 Å². The average molecular weight is 717 g/mol. The summed E-state index contributed by atoms with van der Waals surface area (Å²) in [5.74, 6) is 1.76. The number of benzene rings is 9. The summed E-state index contributed by atoms with van der Waals surface area (Å²) in [4.78, 5) is 0. The Balaban J connectivity index is 1.08. The van der Waals surface area contributed by atoms with Gasteiger partial charge in [0.2, 0.25) is 0 Å². The van der Waals surface area contributed by atoms with Gasteiger partial charge in [0, 0.05) is 12.8 Å². The normalized spacial score (nSPS) is 14.3. The number of hydrogen-bond donors (Lipinski definition) is 0. The number of para-hydroxylation sites is 1. The molecule has 0 aliphatic heterocycles. The van der Waals surface area contributed by atoms with Crippen molar-refractivity contribution in [1.82, 2.24) is 0 Å². The molecular formula is C55H40O. The van der Waals surface area contributed by atoms with Gasteiger partial charge in [-0.15, -0.1) is 0 Å². The van der Waals surface area contributed by atoms with Crippen LogP contribution in [0, 0.1) is 0 Å². The van der Waals surface area contributed by atoms with Crippen molar-refractivity contribution in [2.24, 2.45) is 0 Å². The Morgan fingerprint density at radius 2 is 0.875 bits per heavy atom. The first kappa shape index (κ1) is 33.6. The minimum absolute atomic E-state index is 0.466. The van der Waals surface area contributed by atoms with E-state index in [0.29, 0.717) is 0 Å². The molecule has 1 nitrogen and oxygen atoms in total. The quantitative estimate of drug-likeness (QED) is 0.144. The minimum Gasteiger partial charge on any atom is -0.457 e. The van der Waals surface area contributed by atoms with Gasteiger partial charge in [-0.2, -0.15) is 0 Å². The third-order valence-electron chi connectivity index (χ3n) is 11.5. The lowest BCUT2D eigenvalue weighted by Gasteiger charge is -2.34. The molecule has 56 heavy (non-hydrogen) atoms. The van der Waals surface area contributed by atoms with Gasteiger partial charge >= 0.3 is 0 Å². The highest BCUT2D eigenvalue weighted by Gasteiger charge is 2.46. The van der Waals surface area contributed by atoms with Crippen LogP contribution in [0.3, 0.4) is 0 Å². The molecule has 0 amide bonds. The van der Waals surface area contributed by atoms with Crippen molar-refractivity contribution < 1.29 is 4.74 Å². The van der Waals surface area contributed by atoms with Gasteiger partial charge in [0.1, 0.15) is 11.5 Å². The summed E-state index contributed by atoms with van der Waals surface area (Å²) < 4.78 is 6.94. The fourth-order valence-corrected chi connectivity index (χ4v) is 8.83. The summed E-state index contributed by atoms with van der Waals surface area (Å²) in [7, 11) is 0. The van der Waals surface area contributed by atoms with E-state index in [1.807, 2.05) is 0 Å². The van der Waals surface area contributed by atoms with Crippen LogP contribution in [0.5, 0.6) is 11.5 Å². The first-order chi connectivity index (χ1) is 27.7. The van der Waals surface area contributed by atoms with Crippen LogP contribution in [0.15, 0.2) is 218 Å². The zero-order valence-electron chi connectivity index (χ0n) is 31.1. The first-order valence-electron chi connectivity index (χ1n) is 19.5. The van der Waals surface area contributed by atoms with Crippen molar-refractivity contribution in [3.63, 3.8) is 0 Å². The Kier molecular flexibility index (Phi) is 8.61. The molecule has 1 aliphatic carbocycles. The summed E-state index contributed by atoms with van der Waals surface area (Å²) in [6, 6.07) is 79.2. The monoisotopic (exact) mass is 716 g/mol. The van der Waals surface area contributed by atoms with Crippen LogP contribution in [0.2, 0.25) is 0 Å². The average Bonchev–Trinajstić information content (AvgIpc) is 3.55. The van der Waals surface area contributed by atoms with Crippen molar-refractivity contribution >= 4 is 10.8 Å². The number of ether oxygens (including phenoxy) is 1. The topological polar surface area (TPSA) is 9.23 Å². The van der Waals surface area contributed by atoms with Crippen LogP contribution < -0.4 is 4.74 Å². The molecule has 0 fully saturated rings. The lowest BCUT2D eigenvalue weighted by Crippen LogP contribution is -2.28. The summed E-state index contributed by atoms with van der Waals surface area (Å²) in [6.07, 6.45) is 1.58. The maximum atomic E-state index is 6.94. The van der Waals surface area contributed by atoms with E-state index < -0.39 is 5.41 Å². The highest BCUT2D eigenvalue weighted by molar-refractivity contribution is 5.96. The van der Waals surface area contributed by atoms with Crippen LogP contribution >= 0.6 is 0 Å². The second-order valence-corrected chi connectivity index (χ2v) is 14.8. The summed E-state index contributed by atoms with van der Waals surface area (Å²) in [5.41, 5.74) is 14.4. The highest BCUT2D eigenvalue weighted by Crippen LogP contribution is 2.57. The molecular weight excluding hydrogens is 677 g/mol. The predicted molar refractivity (Wildman–Crippen MR) is 232 cm³/mol. The Bertz CT molecular complexity index is 2800. The molecule has 9 aromatic carbocycles. The highest BCUT2D eigenvalue weighted by atomic mass is 16.5. The van der Waals surface area contributed by atoms with Crippen molar-refractivity contribution in [2.75, 3.05) is 0 Å².